The lowest BCUT2D eigenvalue weighted by atomic mass is 10.00. The maximum atomic E-state index is 13.5. The van der Waals surface area contributed by atoms with Crippen LogP contribution in [-0.2, 0) is 11.3 Å². The minimum atomic E-state index is -0.983. The van der Waals surface area contributed by atoms with Crippen LogP contribution in [0.1, 0.15) is 23.4 Å². The average molecular weight is 417 g/mol. The predicted octanol–water partition coefficient (Wildman–Crippen LogP) is 3.50. The van der Waals surface area contributed by atoms with E-state index < -0.39 is 11.8 Å². The molecular weight excluding hydrogens is 397 g/mol. The summed E-state index contributed by atoms with van der Waals surface area (Å²) in [6.45, 7) is 1.07. The number of benzene rings is 1. The highest BCUT2D eigenvalue weighted by Gasteiger charge is 2.26. The van der Waals surface area contributed by atoms with E-state index in [1.165, 1.54) is 30.2 Å². The first-order valence-electron chi connectivity index (χ1n) is 9.34. The Morgan fingerprint density at radius 1 is 1.34 bits per heavy atom. The zero-order chi connectivity index (χ0) is 20.4. The number of piperidine rings is 1. The van der Waals surface area contributed by atoms with Crippen molar-refractivity contribution in [1.82, 2.24) is 14.5 Å². The molecule has 1 N–H and O–H groups in total. The van der Waals surface area contributed by atoms with Gasteiger partial charge < -0.3 is 19.0 Å². The SMILES string of the molecule is O=C(O)Cn1c(SCC2CCCN(C(=O)c3ccco3)C2)nc2cc(F)ccc21. The maximum absolute atomic E-state index is 13.5. The van der Waals surface area contributed by atoms with Crippen LogP contribution >= 0.6 is 11.8 Å². The third kappa shape index (κ3) is 4.29. The number of thioether (sulfide) groups is 1. The second-order valence-corrected chi connectivity index (χ2v) is 8.04. The number of furan rings is 1. The number of likely N-dealkylation sites (tertiary alicyclic amines) is 1. The molecule has 29 heavy (non-hydrogen) atoms. The van der Waals surface area contributed by atoms with Gasteiger partial charge in [-0.3, -0.25) is 9.59 Å². The zero-order valence-corrected chi connectivity index (χ0v) is 16.4. The van der Waals surface area contributed by atoms with Gasteiger partial charge in [-0.25, -0.2) is 9.37 Å². The fraction of sp³-hybridized carbons (Fsp3) is 0.350. The Hall–Kier alpha value is -2.81. The number of rotatable bonds is 6. The normalized spacial score (nSPS) is 17.0. The first-order valence-corrected chi connectivity index (χ1v) is 10.3. The van der Waals surface area contributed by atoms with Crippen LogP contribution in [-0.4, -0.2) is 50.3 Å². The molecule has 1 aromatic carbocycles. The van der Waals surface area contributed by atoms with Crippen LogP contribution < -0.4 is 0 Å². The minimum Gasteiger partial charge on any atom is -0.480 e. The molecule has 0 bridgehead atoms. The number of carbonyl (C=O) groups is 2. The molecule has 152 valence electrons. The van der Waals surface area contributed by atoms with Gasteiger partial charge in [0.2, 0.25) is 0 Å². The number of aromatic nitrogens is 2. The van der Waals surface area contributed by atoms with Gasteiger partial charge >= 0.3 is 5.97 Å². The first-order chi connectivity index (χ1) is 14.0. The van der Waals surface area contributed by atoms with E-state index in [0.717, 1.165) is 12.8 Å². The molecule has 1 fully saturated rings. The molecule has 2 aromatic heterocycles. The van der Waals surface area contributed by atoms with Crippen LogP contribution in [0.15, 0.2) is 46.2 Å². The Morgan fingerprint density at radius 3 is 2.97 bits per heavy atom. The fourth-order valence-corrected chi connectivity index (χ4v) is 4.75. The van der Waals surface area contributed by atoms with E-state index >= 15 is 0 Å². The van der Waals surface area contributed by atoms with Gasteiger partial charge in [0, 0.05) is 24.9 Å². The molecule has 0 radical (unpaired) electrons. The van der Waals surface area contributed by atoms with Crippen molar-refractivity contribution in [3.05, 3.63) is 48.2 Å². The third-order valence-corrected chi connectivity index (χ3v) is 6.16. The zero-order valence-electron chi connectivity index (χ0n) is 15.6. The summed E-state index contributed by atoms with van der Waals surface area (Å²) in [4.78, 5) is 30.0. The topological polar surface area (TPSA) is 88.6 Å². The third-order valence-electron chi connectivity index (χ3n) is 4.95. The van der Waals surface area contributed by atoms with Gasteiger partial charge in [0.05, 0.1) is 17.3 Å². The molecule has 1 saturated heterocycles. The van der Waals surface area contributed by atoms with Gasteiger partial charge in [0.25, 0.3) is 5.91 Å². The summed E-state index contributed by atoms with van der Waals surface area (Å²) in [5, 5.41) is 9.79. The molecule has 1 aliphatic rings. The Balaban J connectivity index is 1.47. The van der Waals surface area contributed by atoms with Gasteiger partial charge in [-0.1, -0.05) is 11.8 Å². The van der Waals surface area contributed by atoms with Crippen molar-refractivity contribution in [3.8, 4) is 0 Å². The maximum Gasteiger partial charge on any atom is 0.323 e. The second kappa shape index (κ2) is 8.28. The fourth-order valence-electron chi connectivity index (χ4n) is 3.61. The largest absolute Gasteiger partial charge is 0.480 e. The van der Waals surface area contributed by atoms with Crippen molar-refractivity contribution >= 4 is 34.7 Å². The average Bonchev–Trinajstić information content (AvgIpc) is 3.34. The van der Waals surface area contributed by atoms with Crippen LogP contribution in [0.25, 0.3) is 11.0 Å². The number of amides is 1. The summed E-state index contributed by atoms with van der Waals surface area (Å²) < 4.78 is 20.3. The van der Waals surface area contributed by atoms with Crippen molar-refractivity contribution in [2.24, 2.45) is 5.92 Å². The molecule has 1 atom stereocenters. The number of halogens is 1. The smallest absolute Gasteiger partial charge is 0.323 e. The Bertz CT molecular complexity index is 1030. The number of aliphatic carboxylic acids is 1. The summed E-state index contributed by atoms with van der Waals surface area (Å²) in [6, 6.07) is 7.52. The highest BCUT2D eigenvalue weighted by atomic mass is 32.2. The van der Waals surface area contributed by atoms with Gasteiger partial charge in [-0.15, -0.1) is 0 Å². The number of imidazole rings is 1. The minimum absolute atomic E-state index is 0.113. The molecule has 4 rings (SSSR count). The standard InChI is InChI=1S/C20H20FN3O4S/c21-14-5-6-16-15(9-14)22-20(24(16)11-18(25)26)29-12-13-3-1-7-23(10-13)19(27)17-4-2-8-28-17/h2,4-6,8-9,13H,1,3,7,10-12H2,(H,25,26). The van der Waals surface area contributed by atoms with Crippen molar-refractivity contribution in [2.75, 3.05) is 18.8 Å². The van der Waals surface area contributed by atoms with E-state index in [9.17, 15) is 19.1 Å². The van der Waals surface area contributed by atoms with Crippen LogP contribution in [0.3, 0.4) is 0 Å². The van der Waals surface area contributed by atoms with Crippen molar-refractivity contribution < 1.29 is 23.5 Å². The quantitative estimate of drug-likeness (QED) is 0.618. The summed E-state index contributed by atoms with van der Waals surface area (Å²) >= 11 is 1.44. The van der Waals surface area contributed by atoms with Crippen molar-refractivity contribution in [1.29, 1.82) is 0 Å². The Kier molecular flexibility index (Phi) is 5.57. The molecule has 1 amide bonds. The Labute approximate surface area is 170 Å². The van der Waals surface area contributed by atoms with E-state index in [4.69, 9.17) is 4.42 Å². The highest BCUT2D eigenvalue weighted by Crippen LogP contribution is 2.29. The molecule has 1 aliphatic heterocycles. The molecule has 1 unspecified atom stereocenters. The van der Waals surface area contributed by atoms with E-state index in [1.54, 1.807) is 27.7 Å². The van der Waals surface area contributed by atoms with Crippen LogP contribution in [0.4, 0.5) is 4.39 Å². The van der Waals surface area contributed by atoms with E-state index in [1.807, 2.05) is 0 Å². The first kappa shape index (κ1) is 19.5. The second-order valence-electron chi connectivity index (χ2n) is 7.06. The number of carboxylic acid groups (broad SMARTS) is 1. The number of hydrogen-bond acceptors (Lipinski definition) is 5. The van der Waals surface area contributed by atoms with Crippen molar-refractivity contribution in [2.45, 2.75) is 24.5 Å². The number of carboxylic acids is 1. The molecule has 3 aromatic rings. The van der Waals surface area contributed by atoms with E-state index in [2.05, 4.69) is 4.98 Å². The predicted molar refractivity (Wildman–Crippen MR) is 105 cm³/mol. The lowest BCUT2D eigenvalue weighted by Crippen LogP contribution is -2.40. The number of fused-ring (bicyclic) bond motifs is 1. The van der Waals surface area contributed by atoms with Gasteiger partial charge in [0.15, 0.2) is 10.9 Å². The molecule has 0 spiro atoms. The molecular formula is C20H20FN3O4S. The molecule has 0 aliphatic carbocycles. The van der Waals surface area contributed by atoms with Crippen LogP contribution in [0.2, 0.25) is 0 Å². The van der Waals surface area contributed by atoms with Crippen LogP contribution in [0.5, 0.6) is 0 Å². The summed E-state index contributed by atoms with van der Waals surface area (Å²) in [7, 11) is 0. The molecule has 3 heterocycles. The number of nitrogens with zero attached hydrogens (tertiary/aromatic N) is 3. The summed E-state index contributed by atoms with van der Waals surface area (Å²) in [5.41, 5.74) is 1.03. The molecule has 0 saturated carbocycles. The highest BCUT2D eigenvalue weighted by molar-refractivity contribution is 7.99. The van der Waals surface area contributed by atoms with Gasteiger partial charge in [-0.2, -0.15) is 0 Å². The lowest BCUT2D eigenvalue weighted by molar-refractivity contribution is -0.137. The number of hydrogen-bond donors (Lipinski definition) is 1. The summed E-state index contributed by atoms with van der Waals surface area (Å²) in [6.07, 6.45) is 3.36. The van der Waals surface area contributed by atoms with Crippen molar-refractivity contribution in [3.63, 3.8) is 0 Å². The van der Waals surface area contributed by atoms with E-state index in [0.29, 0.717) is 40.8 Å². The lowest BCUT2D eigenvalue weighted by Gasteiger charge is -2.32. The summed E-state index contributed by atoms with van der Waals surface area (Å²) in [5.74, 6) is -0.228. The molecule has 7 nitrogen and oxygen atoms in total. The van der Waals surface area contributed by atoms with Gasteiger partial charge in [0.1, 0.15) is 12.4 Å². The molecule has 9 heteroatoms. The van der Waals surface area contributed by atoms with Gasteiger partial charge in [-0.05, 0) is 43.0 Å². The van der Waals surface area contributed by atoms with Crippen LogP contribution in [0, 0.1) is 11.7 Å². The van der Waals surface area contributed by atoms with E-state index in [-0.39, 0.29) is 18.4 Å². The Morgan fingerprint density at radius 2 is 2.21 bits per heavy atom. The number of carbonyl (C=O) groups excluding carboxylic acids is 1. The monoisotopic (exact) mass is 417 g/mol.